The van der Waals surface area contributed by atoms with Crippen LogP contribution in [0.15, 0.2) is 9.52 Å². The van der Waals surface area contributed by atoms with E-state index in [-0.39, 0.29) is 30.1 Å². The summed E-state index contributed by atoms with van der Waals surface area (Å²) in [6.07, 6.45) is 1.31. The largest absolute Gasteiger partial charge is 0.444 e. The van der Waals surface area contributed by atoms with Gasteiger partial charge in [-0.25, -0.2) is 9.79 Å². The predicted octanol–water partition coefficient (Wildman–Crippen LogP) is 2.78. The SMILES string of the molecule is CCc1noc(CC)c1CN=C(N)N1CCN(C(=O)OC(C)(C)C)CC1.I. The molecule has 9 heteroatoms. The fraction of sp³-hybridized carbons (Fsp3) is 0.722. The van der Waals surface area contributed by atoms with Crippen LogP contribution in [-0.4, -0.2) is 58.8 Å². The number of carbonyl (C=O) groups is 1. The second kappa shape index (κ2) is 10.1. The van der Waals surface area contributed by atoms with Gasteiger partial charge in [-0.15, -0.1) is 24.0 Å². The summed E-state index contributed by atoms with van der Waals surface area (Å²) in [5.41, 5.74) is 7.65. The van der Waals surface area contributed by atoms with Crippen molar-refractivity contribution < 1.29 is 14.1 Å². The Kier molecular flexibility index (Phi) is 8.83. The molecular formula is C18H32IN5O3. The molecule has 0 bridgehead atoms. The van der Waals surface area contributed by atoms with Gasteiger partial charge in [0.25, 0.3) is 0 Å². The number of guanidine groups is 1. The van der Waals surface area contributed by atoms with Crippen LogP contribution in [0.3, 0.4) is 0 Å². The summed E-state index contributed by atoms with van der Waals surface area (Å²) in [6, 6.07) is 0. The highest BCUT2D eigenvalue weighted by molar-refractivity contribution is 14.0. The topological polar surface area (TPSA) is 97.2 Å². The summed E-state index contributed by atoms with van der Waals surface area (Å²) >= 11 is 0. The molecule has 1 aliphatic rings. The molecule has 1 fully saturated rings. The molecule has 0 saturated carbocycles. The molecule has 8 nitrogen and oxygen atoms in total. The lowest BCUT2D eigenvalue weighted by atomic mass is 10.1. The molecule has 0 spiro atoms. The Morgan fingerprint density at radius 1 is 1.19 bits per heavy atom. The normalized spacial score (nSPS) is 15.5. The highest BCUT2D eigenvalue weighted by atomic mass is 127. The Hall–Kier alpha value is -1.52. The first-order valence-electron chi connectivity index (χ1n) is 9.24. The van der Waals surface area contributed by atoms with E-state index in [4.69, 9.17) is 15.0 Å². The van der Waals surface area contributed by atoms with Crippen molar-refractivity contribution in [3.8, 4) is 0 Å². The van der Waals surface area contributed by atoms with Gasteiger partial charge in [0.1, 0.15) is 11.4 Å². The lowest BCUT2D eigenvalue weighted by molar-refractivity contribution is 0.0186. The average molecular weight is 493 g/mol. The number of nitrogens with two attached hydrogens (primary N) is 1. The summed E-state index contributed by atoms with van der Waals surface area (Å²) in [5.74, 6) is 1.35. The zero-order chi connectivity index (χ0) is 19.3. The maximum Gasteiger partial charge on any atom is 0.410 e. The minimum absolute atomic E-state index is 0. The third-order valence-corrected chi connectivity index (χ3v) is 4.26. The zero-order valence-corrected chi connectivity index (χ0v) is 19.3. The summed E-state index contributed by atoms with van der Waals surface area (Å²) in [6.45, 7) is 12.6. The predicted molar refractivity (Wildman–Crippen MR) is 115 cm³/mol. The number of carbonyl (C=O) groups excluding carboxylic acids is 1. The Balaban J connectivity index is 0.00000364. The van der Waals surface area contributed by atoms with Crippen LogP contribution in [0.5, 0.6) is 0 Å². The number of amides is 1. The van der Waals surface area contributed by atoms with Crippen molar-refractivity contribution in [1.29, 1.82) is 0 Å². The van der Waals surface area contributed by atoms with E-state index in [2.05, 4.69) is 10.1 Å². The number of hydrogen-bond donors (Lipinski definition) is 1. The lowest BCUT2D eigenvalue weighted by Gasteiger charge is -2.36. The van der Waals surface area contributed by atoms with Crippen LogP contribution >= 0.6 is 24.0 Å². The molecule has 0 aromatic carbocycles. The molecule has 1 amide bonds. The van der Waals surface area contributed by atoms with E-state index in [9.17, 15) is 4.79 Å². The molecule has 0 radical (unpaired) electrons. The number of aromatic nitrogens is 1. The van der Waals surface area contributed by atoms with Gasteiger partial charge in [0.15, 0.2) is 5.96 Å². The Morgan fingerprint density at radius 3 is 2.30 bits per heavy atom. The van der Waals surface area contributed by atoms with Crippen LogP contribution in [0.4, 0.5) is 4.79 Å². The summed E-state index contributed by atoms with van der Waals surface area (Å²) in [7, 11) is 0. The van der Waals surface area contributed by atoms with Gasteiger partial charge in [0.2, 0.25) is 0 Å². The molecule has 27 heavy (non-hydrogen) atoms. The molecule has 1 aromatic heterocycles. The van der Waals surface area contributed by atoms with Crippen molar-refractivity contribution in [3.05, 3.63) is 17.0 Å². The molecule has 1 aliphatic heterocycles. The van der Waals surface area contributed by atoms with Crippen LogP contribution in [0, 0.1) is 0 Å². The van der Waals surface area contributed by atoms with E-state index >= 15 is 0 Å². The highest BCUT2D eigenvalue weighted by Gasteiger charge is 2.26. The van der Waals surface area contributed by atoms with E-state index in [0.29, 0.717) is 38.7 Å². The van der Waals surface area contributed by atoms with Crippen LogP contribution in [0.25, 0.3) is 0 Å². The molecule has 2 rings (SSSR count). The molecule has 1 aromatic rings. The molecule has 0 atom stereocenters. The standard InChI is InChI=1S/C18H31N5O3.HI/c1-6-14-13(15(7-2)26-21-14)12-20-16(19)22-8-10-23(11-9-22)17(24)25-18(3,4)5;/h6-12H2,1-5H3,(H2,19,20);1H. The van der Waals surface area contributed by atoms with Crippen molar-refractivity contribution >= 4 is 36.0 Å². The number of ether oxygens (including phenoxy) is 1. The van der Waals surface area contributed by atoms with Crippen molar-refractivity contribution in [2.45, 2.75) is 59.6 Å². The Labute approximate surface area is 178 Å². The van der Waals surface area contributed by atoms with Crippen LogP contribution in [-0.2, 0) is 24.1 Å². The number of aryl methyl sites for hydroxylation is 2. The molecule has 0 unspecified atom stereocenters. The summed E-state index contributed by atoms with van der Waals surface area (Å²) in [4.78, 5) is 20.3. The summed E-state index contributed by atoms with van der Waals surface area (Å²) < 4.78 is 10.8. The number of rotatable bonds is 4. The molecule has 2 N–H and O–H groups in total. The van der Waals surface area contributed by atoms with Crippen molar-refractivity contribution in [1.82, 2.24) is 15.0 Å². The number of piperazine rings is 1. The minimum atomic E-state index is -0.485. The van der Waals surface area contributed by atoms with Crippen molar-refractivity contribution in [2.24, 2.45) is 10.7 Å². The number of hydrogen-bond acceptors (Lipinski definition) is 5. The maximum atomic E-state index is 12.1. The second-order valence-corrected chi connectivity index (χ2v) is 7.37. The fourth-order valence-corrected chi connectivity index (χ4v) is 2.82. The molecule has 0 aliphatic carbocycles. The van der Waals surface area contributed by atoms with Gasteiger partial charge in [-0.3, -0.25) is 0 Å². The fourth-order valence-electron chi connectivity index (χ4n) is 2.82. The first-order valence-corrected chi connectivity index (χ1v) is 9.24. The zero-order valence-electron chi connectivity index (χ0n) is 16.9. The lowest BCUT2D eigenvalue weighted by Crippen LogP contribution is -2.53. The first kappa shape index (κ1) is 23.5. The van der Waals surface area contributed by atoms with Crippen molar-refractivity contribution in [3.63, 3.8) is 0 Å². The van der Waals surface area contributed by atoms with Gasteiger partial charge < -0.3 is 24.8 Å². The number of aliphatic imine (C=N–C) groups is 1. The van der Waals surface area contributed by atoms with E-state index < -0.39 is 5.60 Å². The molecule has 1 saturated heterocycles. The maximum absolute atomic E-state index is 12.1. The molecular weight excluding hydrogens is 461 g/mol. The highest BCUT2D eigenvalue weighted by Crippen LogP contribution is 2.17. The average Bonchev–Trinajstić information content (AvgIpc) is 3.00. The Bertz CT molecular complexity index is 624. The van der Waals surface area contributed by atoms with Gasteiger partial charge in [-0.1, -0.05) is 19.0 Å². The molecule has 2 heterocycles. The first-order chi connectivity index (χ1) is 12.2. The second-order valence-electron chi connectivity index (χ2n) is 7.37. The molecule has 154 valence electrons. The smallest absolute Gasteiger partial charge is 0.410 e. The minimum Gasteiger partial charge on any atom is -0.444 e. The van der Waals surface area contributed by atoms with Gasteiger partial charge in [0, 0.05) is 38.2 Å². The van der Waals surface area contributed by atoms with Gasteiger partial charge in [0.05, 0.1) is 12.2 Å². The monoisotopic (exact) mass is 493 g/mol. The van der Waals surface area contributed by atoms with E-state index in [1.54, 1.807) is 4.90 Å². The van der Waals surface area contributed by atoms with Gasteiger partial charge >= 0.3 is 6.09 Å². The summed E-state index contributed by atoms with van der Waals surface area (Å²) in [5, 5.41) is 4.10. The Morgan fingerprint density at radius 2 is 1.78 bits per heavy atom. The number of nitrogens with zero attached hydrogens (tertiary/aromatic N) is 4. The van der Waals surface area contributed by atoms with Crippen LogP contribution in [0.1, 0.15) is 51.6 Å². The number of halogens is 1. The van der Waals surface area contributed by atoms with Gasteiger partial charge in [-0.05, 0) is 27.2 Å². The van der Waals surface area contributed by atoms with Crippen molar-refractivity contribution in [2.75, 3.05) is 26.2 Å². The van der Waals surface area contributed by atoms with Crippen LogP contribution in [0.2, 0.25) is 0 Å². The van der Waals surface area contributed by atoms with E-state index in [0.717, 1.165) is 29.9 Å². The quantitative estimate of drug-likeness (QED) is 0.394. The van der Waals surface area contributed by atoms with E-state index in [1.165, 1.54) is 0 Å². The third kappa shape index (κ3) is 6.54. The van der Waals surface area contributed by atoms with Gasteiger partial charge in [-0.2, -0.15) is 0 Å². The van der Waals surface area contributed by atoms with E-state index in [1.807, 2.05) is 39.5 Å². The van der Waals surface area contributed by atoms with Crippen LogP contribution < -0.4 is 5.73 Å². The third-order valence-electron chi connectivity index (χ3n) is 4.26.